The molecule has 0 radical (unpaired) electrons. The highest BCUT2D eigenvalue weighted by molar-refractivity contribution is 5.27. The Bertz CT molecular complexity index is 656. The van der Waals surface area contributed by atoms with E-state index in [1.807, 2.05) is 0 Å². The predicted octanol–water partition coefficient (Wildman–Crippen LogP) is 5.33. The van der Waals surface area contributed by atoms with Crippen molar-refractivity contribution in [3.8, 4) is 0 Å². The van der Waals surface area contributed by atoms with Crippen LogP contribution in [0.4, 0.5) is 0 Å². The molecule has 3 saturated carbocycles. The molecule has 4 aliphatic carbocycles. The van der Waals surface area contributed by atoms with Crippen molar-refractivity contribution < 1.29 is 15.3 Å². The van der Waals surface area contributed by atoms with E-state index in [1.54, 1.807) is 0 Å². The molecule has 0 bridgehead atoms. The Morgan fingerprint density at radius 2 is 1.77 bits per heavy atom. The molecule has 3 heteroatoms. The minimum Gasteiger partial charge on any atom is -0.393 e. The first-order valence-electron chi connectivity index (χ1n) is 12.8. The molecular formula is C27H46O3. The summed E-state index contributed by atoms with van der Waals surface area (Å²) in [6, 6.07) is 0. The molecule has 3 nitrogen and oxygen atoms in total. The van der Waals surface area contributed by atoms with E-state index < -0.39 is 6.10 Å². The lowest BCUT2D eigenvalue weighted by atomic mass is 9.46. The van der Waals surface area contributed by atoms with Crippen LogP contribution >= 0.6 is 0 Å². The van der Waals surface area contributed by atoms with Crippen molar-refractivity contribution in [2.45, 2.75) is 111 Å². The summed E-state index contributed by atoms with van der Waals surface area (Å²) in [5.74, 6) is 3.79. The van der Waals surface area contributed by atoms with Crippen LogP contribution in [0.15, 0.2) is 11.6 Å². The van der Waals surface area contributed by atoms with Crippen molar-refractivity contribution in [2.24, 2.45) is 46.3 Å². The number of allylic oxidation sites excluding steroid dienone is 1. The Morgan fingerprint density at radius 1 is 1.03 bits per heavy atom. The fourth-order valence-corrected chi connectivity index (χ4v) is 8.64. The van der Waals surface area contributed by atoms with Crippen LogP contribution in [-0.2, 0) is 0 Å². The van der Waals surface area contributed by atoms with E-state index in [-0.39, 0.29) is 17.6 Å². The molecule has 30 heavy (non-hydrogen) atoms. The van der Waals surface area contributed by atoms with Gasteiger partial charge in [-0.25, -0.2) is 0 Å². The standard InChI is InChI=1S/C27H46O3/c1-16(2)24(29)11-6-17(3)21-9-10-22-20-8-7-18-14-19(28)15-25(30)27(18,5)23(20)12-13-26(21,22)4/h7,16-17,19-25,28-30H,6,8-15H2,1-5H3/t17-,19-,20+,21-,22+,23+,24-,25+,26-,27+/m1/s1. The third-order valence-corrected chi connectivity index (χ3v) is 10.6. The molecule has 0 saturated heterocycles. The van der Waals surface area contributed by atoms with Gasteiger partial charge in [-0.15, -0.1) is 0 Å². The summed E-state index contributed by atoms with van der Waals surface area (Å²) in [7, 11) is 0. The number of aliphatic hydroxyl groups is 3. The molecule has 0 aromatic carbocycles. The molecule has 0 heterocycles. The topological polar surface area (TPSA) is 60.7 Å². The minimum atomic E-state index is -0.404. The molecule has 0 amide bonds. The van der Waals surface area contributed by atoms with Crippen LogP contribution in [-0.4, -0.2) is 33.6 Å². The van der Waals surface area contributed by atoms with Crippen molar-refractivity contribution in [3.05, 3.63) is 11.6 Å². The zero-order chi connectivity index (χ0) is 21.8. The Kier molecular flexibility index (Phi) is 6.23. The maximum atomic E-state index is 11.1. The largest absolute Gasteiger partial charge is 0.393 e. The number of aliphatic hydroxyl groups excluding tert-OH is 3. The maximum Gasteiger partial charge on any atom is 0.0658 e. The van der Waals surface area contributed by atoms with Gasteiger partial charge in [0.25, 0.3) is 0 Å². The lowest BCUT2D eigenvalue weighted by Crippen LogP contribution is -2.55. The van der Waals surface area contributed by atoms with Crippen LogP contribution in [0.1, 0.15) is 92.4 Å². The lowest BCUT2D eigenvalue weighted by molar-refractivity contribution is -0.108. The van der Waals surface area contributed by atoms with Gasteiger partial charge >= 0.3 is 0 Å². The van der Waals surface area contributed by atoms with Crippen LogP contribution in [0.25, 0.3) is 0 Å². The summed E-state index contributed by atoms with van der Waals surface area (Å²) in [5, 5.41) is 31.6. The highest BCUT2D eigenvalue weighted by Gasteiger charge is 2.60. The van der Waals surface area contributed by atoms with Gasteiger partial charge in [0.2, 0.25) is 0 Å². The van der Waals surface area contributed by atoms with Gasteiger partial charge in [0, 0.05) is 11.8 Å². The van der Waals surface area contributed by atoms with Gasteiger partial charge in [-0.1, -0.05) is 46.3 Å². The average Bonchev–Trinajstić information content (AvgIpc) is 3.04. The van der Waals surface area contributed by atoms with Gasteiger partial charge in [0.05, 0.1) is 18.3 Å². The Hall–Kier alpha value is -0.380. The maximum absolute atomic E-state index is 11.1. The van der Waals surface area contributed by atoms with E-state index >= 15 is 0 Å². The Morgan fingerprint density at radius 3 is 2.47 bits per heavy atom. The molecule has 172 valence electrons. The Labute approximate surface area is 184 Å². The first kappa shape index (κ1) is 22.8. The van der Waals surface area contributed by atoms with E-state index in [0.717, 1.165) is 37.5 Å². The summed E-state index contributed by atoms with van der Waals surface area (Å²) >= 11 is 0. The van der Waals surface area contributed by atoms with E-state index in [4.69, 9.17) is 0 Å². The second-order valence-corrected chi connectivity index (χ2v) is 12.3. The first-order valence-corrected chi connectivity index (χ1v) is 12.8. The minimum absolute atomic E-state index is 0.130. The third-order valence-electron chi connectivity index (χ3n) is 10.6. The van der Waals surface area contributed by atoms with Crippen LogP contribution in [0.3, 0.4) is 0 Å². The van der Waals surface area contributed by atoms with E-state index in [9.17, 15) is 15.3 Å². The van der Waals surface area contributed by atoms with Gasteiger partial charge in [-0.3, -0.25) is 0 Å². The molecule has 0 aromatic heterocycles. The van der Waals surface area contributed by atoms with Gasteiger partial charge in [-0.05, 0) is 92.3 Å². The van der Waals surface area contributed by atoms with Crippen LogP contribution in [0, 0.1) is 46.3 Å². The van der Waals surface area contributed by atoms with E-state index in [0.29, 0.717) is 35.5 Å². The van der Waals surface area contributed by atoms with Crippen molar-refractivity contribution in [3.63, 3.8) is 0 Å². The van der Waals surface area contributed by atoms with Crippen molar-refractivity contribution >= 4 is 0 Å². The molecule has 0 aliphatic heterocycles. The monoisotopic (exact) mass is 418 g/mol. The summed E-state index contributed by atoms with van der Waals surface area (Å²) in [6.07, 6.45) is 11.1. The van der Waals surface area contributed by atoms with E-state index in [1.165, 1.54) is 31.3 Å². The zero-order valence-corrected chi connectivity index (χ0v) is 20.0. The fourth-order valence-electron chi connectivity index (χ4n) is 8.64. The lowest BCUT2D eigenvalue weighted by Gasteiger charge is -2.59. The van der Waals surface area contributed by atoms with Crippen molar-refractivity contribution in [2.75, 3.05) is 0 Å². The number of hydrogen-bond acceptors (Lipinski definition) is 3. The van der Waals surface area contributed by atoms with Crippen LogP contribution in [0.2, 0.25) is 0 Å². The molecule has 3 N–H and O–H groups in total. The third kappa shape index (κ3) is 3.52. The van der Waals surface area contributed by atoms with Crippen molar-refractivity contribution in [1.29, 1.82) is 0 Å². The molecule has 0 unspecified atom stereocenters. The molecule has 0 aromatic rings. The molecule has 4 rings (SSSR count). The number of rotatable bonds is 5. The first-order chi connectivity index (χ1) is 14.1. The van der Waals surface area contributed by atoms with Gasteiger partial charge in [0.1, 0.15) is 0 Å². The smallest absolute Gasteiger partial charge is 0.0658 e. The summed E-state index contributed by atoms with van der Waals surface area (Å²) < 4.78 is 0. The van der Waals surface area contributed by atoms with E-state index in [2.05, 4.69) is 40.7 Å². The molecule has 10 atom stereocenters. The average molecular weight is 419 g/mol. The SMILES string of the molecule is CC(C)[C@H](O)CC[C@@H](C)[C@H]1CC[C@H]2[C@@H]3CC=C4C[C@@H](O)C[C@H](O)[C@]4(C)[C@H]3CC[C@]12C. The summed E-state index contributed by atoms with van der Waals surface area (Å²) in [4.78, 5) is 0. The molecule has 4 aliphatic rings. The number of fused-ring (bicyclic) bond motifs is 5. The van der Waals surface area contributed by atoms with Crippen LogP contribution < -0.4 is 0 Å². The zero-order valence-electron chi connectivity index (χ0n) is 20.0. The fraction of sp³-hybridized carbons (Fsp3) is 0.926. The summed E-state index contributed by atoms with van der Waals surface area (Å²) in [6.45, 7) is 11.5. The number of hydrogen-bond donors (Lipinski definition) is 3. The molecule has 3 fully saturated rings. The highest BCUT2D eigenvalue weighted by atomic mass is 16.3. The molecular weight excluding hydrogens is 372 g/mol. The van der Waals surface area contributed by atoms with Gasteiger partial charge in [-0.2, -0.15) is 0 Å². The normalized spacial score (nSPS) is 47.8. The highest BCUT2D eigenvalue weighted by Crippen LogP contribution is 2.67. The van der Waals surface area contributed by atoms with Crippen LogP contribution in [0.5, 0.6) is 0 Å². The Balaban J connectivity index is 1.51. The second kappa shape index (κ2) is 8.19. The second-order valence-electron chi connectivity index (χ2n) is 12.3. The summed E-state index contributed by atoms with van der Waals surface area (Å²) in [5.41, 5.74) is 1.61. The van der Waals surface area contributed by atoms with Gasteiger partial charge in [0.15, 0.2) is 0 Å². The predicted molar refractivity (Wildman–Crippen MR) is 122 cm³/mol. The quantitative estimate of drug-likeness (QED) is 0.529. The van der Waals surface area contributed by atoms with Crippen molar-refractivity contribution in [1.82, 2.24) is 0 Å². The molecule has 0 spiro atoms. The van der Waals surface area contributed by atoms with Gasteiger partial charge < -0.3 is 15.3 Å².